The van der Waals surface area contributed by atoms with E-state index in [0.717, 1.165) is 23.4 Å². The van der Waals surface area contributed by atoms with Gasteiger partial charge in [-0.3, -0.25) is 14.9 Å². The van der Waals surface area contributed by atoms with Gasteiger partial charge < -0.3 is 9.64 Å². The lowest BCUT2D eigenvalue weighted by Crippen LogP contribution is -2.41. The smallest absolute Gasteiger partial charge is 0.269 e. The van der Waals surface area contributed by atoms with Crippen LogP contribution in [0.25, 0.3) is 10.2 Å². The van der Waals surface area contributed by atoms with Crippen molar-refractivity contribution < 1.29 is 14.5 Å². The molecule has 1 aromatic heterocycles. The molecule has 0 bridgehead atoms. The Morgan fingerprint density at radius 1 is 1.25 bits per heavy atom. The van der Waals surface area contributed by atoms with Crippen molar-refractivity contribution in [2.75, 3.05) is 19.7 Å². The van der Waals surface area contributed by atoms with Crippen LogP contribution in [0.15, 0.2) is 48.5 Å². The van der Waals surface area contributed by atoms with Crippen molar-refractivity contribution in [3.63, 3.8) is 0 Å². The van der Waals surface area contributed by atoms with Crippen molar-refractivity contribution in [2.45, 2.75) is 18.8 Å². The highest BCUT2D eigenvalue weighted by atomic mass is 32.1. The van der Waals surface area contributed by atoms with Crippen LogP contribution >= 0.6 is 11.3 Å². The SMILES string of the molecule is O=C(COc1ccc([N+](=O)[O-])cc1)N1CCC[C@H](c2nc3ccccc3s2)C1. The average Bonchev–Trinajstić information content (AvgIpc) is 3.17. The minimum Gasteiger partial charge on any atom is -0.484 e. The van der Waals surface area contributed by atoms with Crippen LogP contribution in [0.4, 0.5) is 5.69 Å². The summed E-state index contributed by atoms with van der Waals surface area (Å²) in [6.45, 7) is 1.27. The fraction of sp³-hybridized carbons (Fsp3) is 0.300. The fourth-order valence-corrected chi connectivity index (χ4v) is 4.46. The summed E-state index contributed by atoms with van der Waals surface area (Å²) < 4.78 is 6.69. The number of likely N-dealkylation sites (tertiary alicyclic amines) is 1. The van der Waals surface area contributed by atoms with Crippen molar-refractivity contribution >= 4 is 33.1 Å². The Balaban J connectivity index is 1.37. The molecule has 1 aliphatic heterocycles. The molecule has 1 aliphatic rings. The zero-order chi connectivity index (χ0) is 19.5. The zero-order valence-corrected chi connectivity index (χ0v) is 15.9. The van der Waals surface area contributed by atoms with Crippen molar-refractivity contribution in [3.05, 3.63) is 63.7 Å². The minimum absolute atomic E-state index is 0.00613. The normalized spacial score (nSPS) is 16.9. The molecule has 8 heteroatoms. The molecule has 1 amide bonds. The number of nitro benzene ring substituents is 1. The van der Waals surface area contributed by atoms with E-state index in [0.29, 0.717) is 18.8 Å². The van der Waals surface area contributed by atoms with E-state index in [2.05, 4.69) is 6.07 Å². The van der Waals surface area contributed by atoms with Crippen LogP contribution in [0.2, 0.25) is 0 Å². The number of hydrogen-bond donors (Lipinski definition) is 0. The molecular formula is C20H19N3O4S. The number of amides is 1. The quantitative estimate of drug-likeness (QED) is 0.480. The van der Waals surface area contributed by atoms with E-state index in [1.54, 1.807) is 11.3 Å². The Bertz CT molecular complexity index is 969. The summed E-state index contributed by atoms with van der Waals surface area (Å²) in [5, 5.41) is 11.8. The molecule has 1 atom stereocenters. The van der Waals surface area contributed by atoms with Gasteiger partial charge in [0.15, 0.2) is 6.61 Å². The Morgan fingerprint density at radius 3 is 2.79 bits per heavy atom. The fourth-order valence-electron chi connectivity index (χ4n) is 3.37. The molecular weight excluding hydrogens is 378 g/mol. The number of fused-ring (bicyclic) bond motifs is 1. The van der Waals surface area contributed by atoms with Gasteiger partial charge in [0.25, 0.3) is 11.6 Å². The van der Waals surface area contributed by atoms with Crippen molar-refractivity contribution in [1.82, 2.24) is 9.88 Å². The number of aromatic nitrogens is 1. The van der Waals surface area contributed by atoms with Crippen molar-refractivity contribution in [1.29, 1.82) is 0 Å². The summed E-state index contributed by atoms with van der Waals surface area (Å²) in [4.78, 5) is 29.4. The largest absolute Gasteiger partial charge is 0.484 e. The number of hydrogen-bond acceptors (Lipinski definition) is 6. The third kappa shape index (κ3) is 3.96. The molecule has 2 aromatic carbocycles. The lowest BCUT2D eigenvalue weighted by atomic mass is 9.99. The molecule has 2 heterocycles. The van der Waals surface area contributed by atoms with Crippen LogP contribution in [-0.2, 0) is 4.79 Å². The Labute approximate surface area is 165 Å². The number of para-hydroxylation sites is 1. The summed E-state index contributed by atoms with van der Waals surface area (Å²) in [5.74, 6) is 0.609. The van der Waals surface area contributed by atoms with Gasteiger partial charge in [-0.05, 0) is 37.1 Å². The molecule has 0 N–H and O–H groups in total. The van der Waals surface area contributed by atoms with Crippen LogP contribution in [0.5, 0.6) is 5.75 Å². The first kappa shape index (κ1) is 18.4. The second-order valence-corrected chi connectivity index (χ2v) is 7.80. The van der Waals surface area contributed by atoms with E-state index in [1.165, 1.54) is 29.0 Å². The number of ether oxygens (including phenoxy) is 1. The van der Waals surface area contributed by atoms with Crippen LogP contribution in [0.3, 0.4) is 0 Å². The lowest BCUT2D eigenvalue weighted by molar-refractivity contribution is -0.384. The maximum absolute atomic E-state index is 12.6. The second-order valence-electron chi connectivity index (χ2n) is 6.74. The van der Waals surface area contributed by atoms with Gasteiger partial charge in [-0.2, -0.15) is 0 Å². The number of nitro groups is 1. The number of nitrogens with zero attached hydrogens (tertiary/aromatic N) is 3. The minimum atomic E-state index is -0.467. The van der Waals surface area contributed by atoms with Gasteiger partial charge in [0, 0.05) is 31.1 Å². The van der Waals surface area contributed by atoms with E-state index in [9.17, 15) is 14.9 Å². The molecule has 4 rings (SSSR count). The van der Waals surface area contributed by atoms with Gasteiger partial charge in [-0.25, -0.2) is 4.98 Å². The first-order chi connectivity index (χ1) is 13.6. The Kier molecular flexibility index (Phi) is 5.21. The molecule has 3 aromatic rings. The van der Waals surface area contributed by atoms with Gasteiger partial charge >= 0.3 is 0 Å². The molecule has 0 saturated carbocycles. The molecule has 144 valence electrons. The molecule has 0 spiro atoms. The van der Waals surface area contributed by atoms with Crippen molar-refractivity contribution in [2.24, 2.45) is 0 Å². The number of piperidine rings is 1. The number of non-ortho nitro benzene ring substituents is 1. The monoisotopic (exact) mass is 397 g/mol. The highest BCUT2D eigenvalue weighted by Crippen LogP contribution is 2.33. The molecule has 1 fully saturated rings. The van der Waals surface area contributed by atoms with E-state index in [4.69, 9.17) is 9.72 Å². The van der Waals surface area contributed by atoms with E-state index < -0.39 is 4.92 Å². The molecule has 0 unspecified atom stereocenters. The highest BCUT2D eigenvalue weighted by molar-refractivity contribution is 7.18. The molecule has 0 radical (unpaired) electrons. The molecule has 0 aliphatic carbocycles. The van der Waals surface area contributed by atoms with Crippen LogP contribution in [0.1, 0.15) is 23.8 Å². The topological polar surface area (TPSA) is 85.6 Å². The van der Waals surface area contributed by atoms with E-state index in [-0.39, 0.29) is 24.1 Å². The lowest BCUT2D eigenvalue weighted by Gasteiger charge is -2.31. The maximum atomic E-state index is 12.6. The zero-order valence-electron chi connectivity index (χ0n) is 15.1. The predicted molar refractivity (Wildman–Crippen MR) is 107 cm³/mol. The van der Waals surface area contributed by atoms with Crippen LogP contribution in [0, 0.1) is 10.1 Å². The Hall–Kier alpha value is -3.00. The number of rotatable bonds is 5. The number of benzene rings is 2. The maximum Gasteiger partial charge on any atom is 0.269 e. The highest BCUT2D eigenvalue weighted by Gasteiger charge is 2.27. The predicted octanol–water partition coefficient (Wildman–Crippen LogP) is 3.99. The first-order valence-corrected chi connectivity index (χ1v) is 9.92. The van der Waals surface area contributed by atoms with Crippen molar-refractivity contribution in [3.8, 4) is 5.75 Å². The van der Waals surface area contributed by atoms with Crippen LogP contribution < -0.4 is 4.74 Å². The van der Waals surface area contributed by atoms with Gasteiger partial charge in [-0.1, -0.05) is 12.1 Å². The van der Waals surface area contributed by atoms with Gasteiger partial charge in [0.05, 0.1) is 20.1 Å². The number of carbonyl (C=O) groups excluding carboxylic acids is 1. The third-order valence-corrected chi connectivity index (χ3v) is 6.04. The van der Waals surface area contributed by atoms with Gasteiger partial charge in [0.2, 0.25) is 0 Å². The molecule has 28 heavy (non-hydrogen) atoms. The van der Waals surface area contributed by atoms with E-state index >= 15 is 0 Å². The molecule has 7 nitrogen and oxygen atoms in total. The average molecular weight is 397 g/mol. The summed E-state index contributed by atoms with van der Waals surface area (Å²) in [6, 6.07) is 13.8. The standard InChI is InChI=1S/C20H19N3O4S/c24-19(13-27-16-9-7-15(8-10-16)23(25)26)22-11-3-4-14(12-22)20-21-17-5-1-2-6-18(17)28-20/h1-2,5-10,14H,3-4,11-13H2/t14-/m0/s1. The number of carbonyl (C=O) groups is 1. The van der Waals surface area contributed by atoms with Gasteiger partial charge in [-0.15, -0.1) is 11.3 Å². The second kappa shape index (κ2) is 7.93. The van der Waals surface area contributed by atoms with Crippen LogP contribution in [-0.4, -0.2) is 40.4 Å². The van der Waals surface area contributed by atoms with E-state index in [1.807, 2.05) is 23.1 Å². The Morgan fingerprint density at radius 2 is 2.04 bits per heavy atom. The summed E-state index contributed by atoms with van der Waals surface area (Å²) in [5.41, 5.74) is 1.00. The summed E-state index contributed by atoms with van der Waals surface area (Å²) in [6.07, 6.45) is 1.96. The summed E-state index contributed by atoms with van der Waals surface area (Å²) in [7, 11) is 0. The number of thiazole rings is 1. The van der Waals surface area contributed by atoms with Gasteiger partial charge in [0.1, 0.15) is 5.75 Å². The first-order valence-electron chi connectivity index (χ1n) is 9.10. The third-order valence-electron chi connectivity index (χ3n) is 4.84. The summed E-state index contributed by atoms with van der Waals surface area (Å²) >= 11 is 1.70. The molecule has 1 saturated heterocycles.